The van der Waals surface area contributed by atoms with Gasteiger partial charge < -0.3 is 19.3 Å². The predicted octanol–water partition coefficient (Wildman–Crippen LogP) is 1.88. The zero-order valence-corrected chi connectivity index (χ0v) is 11.5. The number of nitriles is 1. The Bertz CT molecular complexity index is 688. The van der Waals surface area contributed by atoms with Gasteiger partial charge >= 0.3 is 0 Å². The number of methoxy groups -OCH3 is 1. The maximum absolute atomic E-state index is 11.7. The van der Waals surface area contributed by atoms with Crippen molar-refractivity contribution in [2.45, 2.75) is 6.92 Å². The molecular formula is C14H13N3O4. The minimum atomic E-state index is -0.380. The predicted molar refractivity (Wildman–Crippen MR) is 73.1 cm³/mol. The first-order chi connectivity index (χ1) is 10.1. The van der Waals surface area contributed by atoms with Gasteiger partial charge in [-0.2, -0.15) is 5.26 Å². The monoisotopic (exact) mass is 287 g/mol. The van der Waals surface area contributed by atoms with E-state index < -0.39 is 0 Å². The number of nitrogens with zero attached hydrogens (tertiary/aromatic N) is 2. The normalized spacial score (nSPS) is 9.76. The second kappa shape index (κ2) is 6.43. The molecule has 1 heterocycles. The Morgan fingerprint density at radius 3 is 2.86 bits per heavy atom. The number of anilines is 1. The van der Waals surface area contributed by atoms with Crippen LogP contribution in [0.1, 0.15) is 11.3 Å². The molecule has 2 rings (SSSR count). The van der Waals surface area contributed by atoms with E-state index in [0.29, 0.717) is 28.6 Å². The number of benzene rings is 1. The van der Waals surface area contributed by atoms with Gasteiger partial charge in [0.1, 0.15) is 5.76 Å². The van der Waals surface area contributed by atoms with Crippen molar-refractivity contribution < 1.29 is 18.8 Å². The molecule has 7 nitrogen and oxygen atoms in total. The van der Waals surface area contributed by atoms with Gasteiger partial charge in [-0.15, -0.1) is 0 Å². The molecule has 0 saturated carbocycles. The van der Waals surface area contributed by atoms with E-state index in [4.69, 9.17) is 19.3 Å². The Morgan fingerprint density at radius 1 is 1.43 bits per heavy atom. The average Bonchev–Trinajstić information content (AvgIpc) is 2.90. The SMILES string of the molecule is COc1cc(C#N)ccc1OCC(=O)Nc1cc(C)on1. The topological polar surface area (TPSA) is 97.4 Å². The van der Waals surface area contributed by atoms with Gasteiger partial charge in [0.25, 0.3) is 5.91 Å². The van der Waals surface area contributed by atoms with Gasteiger partial charge in [-0.05, 0) is 19.1 Å². The molecule has 0 bridgehead atoms. The van der Waals surface area contributed by atoms with Crippen LogP contribution in [0.2, 0.25) is 0 Å². The van der Waals surface area contributed by atoms with E-state index in [9.17, 15) is 4.79 Å². The van der Waals surface area contributed by atoms with Gasteiger partial charge in [0.05, 0.1) is 18.7 Å². The Balaban J connectivity index is 1.96. The molecule has 0 spiro atoms. The molecule has 1 amide bonds. The van der Waals surface area contributed by atoms with Crippen LogP contribution in [0, 0.1) is 18.3 Å². The van der Waals surface area contributed by atoms with Gasteiger partial charge in [0.2, 0.25) is 0 Å². The summed E-state index contributed by atoms with van der Waals surface area (Å²) in [7, 11) is 1.46. The highest BCUT2D eigenvalue weighted by Crippen LogP contribution is 2.27. The van der Waals surface area contributed by atoms with Crippen molar-refractivity contribution in [3.8, 4) is 17.6 Å². The molecule has 0 aliphatic heterocycles. The first-order valence-electron chi connectivity index (χ1n) is 6.06. The molecule has 0 radical (unpaired) electrons. The van der Waals surface area contributed by atoms with Crippen molar-refractivity contribution >= 4 is 11.7 Å². The highest BCUT2D eigenvalue weighted by molar-refractivity contribution is 5.90. The van der Waals surface area contributed by atoms with Crippen molar-refractivity contribution in [1.29, 1.82) is 5.26 Å². The molecule has 0 fully saturated rings. The molecular weight excluding hydrogens is 274 g/mol. The average molecular weight is 287 g/mol. The highest BCUT2D eigenvalue weighted by Gasteiger charge is 2.10. The number of aryl methyl sites for hydroxylation is 1. The summed E-state index contributed by atoms with van der Waals surface area (Å²) in [5.41, 5.74) is 0.446. The lowest BCUT2D eigenvalue weighted by Crippen LogP contribution is -2.20. The smallest absolute Gasteiger partial charge is 0.263 e. The van der Waals surface area contributed by atoms with E-state index in [1.165, 1.54) is 13.2 Å². The maximum Gasteiger partial charge on any atom is 0.263 e. The largest absolute Gasteiger partial charge is 0.493 e. The van der Waals surface area contributed by atoms with Crippen LogP contribution in [0.25, 0.3) is 0 Å². The van der Waals surface area contributed by atoms with Crippen molar-refractivity contribution in [1.82, 2.24) is 5.16 Å². The van der Waals surface area contributed by atoms with E-state index in [-0.39, 0.29) is 12.5 Å². The van der Waals surface area contributed by atoms with E-state index in [0.717, 1.165) is 0 Å². The van der Waals surface area contributed by atoms with Gasteiger partial charge in [-0.25, -0.2) is 0 Å². The minimum absolute atomic E-state index is 0.214. The van der Waals surface area contributed by atoms with Gasteiger partial charge in [-0.3, -0.25) is 4.79 Å². The summed E-state index contributed by atoms with van der Waals surface area (Å²) in [4.78, 5) is 11.7. The molecule has 0 aliphatic carbocycles. The lowest BCUT2D eigenvalue weighted by atomic mass is 10.2. The first kappa shape index (κ1) is 14.4. The lowest BCUT2D eigenvalue weighted by molar-refractivity contribution is -0.118. The van der Waals surface area contributed by atoms with Crippen LogP contribution >= 0.6 is 0 Å². The molecule has 1 aromatic heterocycles. The zero-order valence-electron chi connectivity index (χ0n) is 11.5. The summed E-state index contributed by atoms with van der Waals surface area (Å²) in [6, 6.07) is 8.28. The van der Waals surface area contributed by atoms with Crippen molar-refractivity contribution in [3.05, 3.63) is 35.6 Å². The Kier molecular flexibility index (Phi) is 4.41. The number of amides is 1. The second-order valence-corrected chi connectivity index (χ2v) is 4.14. The van der Waals surface area contributed by atoms with Gasteiger partial charge in [0.15, 0.2) is 23.9 Å². The van der Waals surface area contributed by atoms with Crippen LogP contribution in [-0.4, -0.2) is 24.8 Å². The second-order valence-electron chi connectivity index (χ2n) is 4.14. The third-order valence-electron chi connectivity index (χ3n) is 2.55. The van der Waals surface area contributed by atoms with E-state index in [1.807, 2.05) is 6.07 Å². The number of aromatic nitrogens is 1. The van der Waals surface area contributed by atoms with Crippen molar-refractivity contribution in [3.63, 3.8) is 0 Å². The van der Waals surface area contributed by atoms with Gasteiger partial charge in [0, 0.05) is 12.1 Å². The number of ether oxygens (including phenoxy) is 2. The fourth-order valence-electron chi connectivity index (χ4n) is 1.60. The number of hydrogen-bond donors (Lipinski definition) is 1. The molecule has 108 valence electrons. The molecule has 21 heavy (non-hydrogen) atoms. The number of hydrogen-bond acceptors (Lipinski definition) is 6. The summed E-state index contributed by atoms with van der Waals surface area (Å²) in [5, 5.41) is 15.0. The Labute approximate surface area is 121 Å². The summed E-state index contributed by atoms with van der Waals surface area (Å²) in [6.45, 7) is 1.51. The number of nitrogens with one attached hydrogen (secondary N) is 1. The molecule has 2 aromatic rings. The van der Waals surface area contributed by atoms with Crippen molar-refractivity contribution in [2.75, 3.05) is 19.0 Å². The number of rotatable bonds is 5. The van der Waals surface area contributed by atoms with Crippen LogP contribution in [0.15, 0.2) is 28.8 Å². The van der Waals surface area contributed by atoms with E-state index in [1.54, 1.807) is 25.1 Å². The summed E-state index contributed by atoms with van der Waals surface area (Å²) in [5.74, 6) is 1.31. The summed E-state index contributed by atoms with van der Waals surface area (Å²) < 4.78 is 15.3. The molecule has 0 aliphatic rings. The molecule has 1 aromatic carbocycles. The molecule has 0 atom stereocenters. The number of carbonyl (C=O) groups is 1. The maximum atomic E-state index is 11.7. The van der Waals surface area contributed by atoms with E-state index >= 15 is 0 Å². The molecule has 7 heteroatoms. The van der Waals surface area contributed by atoms with Crippen molar-refractivity contribution in [2.24, 2.45) is 0 Å². The fraction of sp³-hybridized carbons (Fsp3) is 0.214. The van der Waals surface area contributed by atoms with Crippen LogP contribution in [0.4, 0.5) is 5.82 Å². The molecule has 0 unspecified atom stereocenters. The summed E-state index contributed by atoms with van der Waals surface area (Å²) >= 11 is 0. The Morgan fingerprint density at radius 2 is 2.24 bits per heavy atom. The first-order valence-corrected chi connectivity index (χ1v) is 6.06. The minimum Gasteiger partial charge on any atom is -0.493 e. The zero-order chi connectivity index (χ0) is 15.2. The molecule has 1 N–H and O–H groups in total. The fourth-order valence-corrected chi connectivity index (χ4v) is 1.60. The molecule has 0 saturated heterocycles. The Hall–Kier alpha value is -3.01. The number of carbonyl (C=O) groups excluding carboxylic acids is 1. The van der Waals surface area contributed by atoms with Gasteiger partial charge in [-0.1, -0.05) is 5.16 Å². The van der Waals surface area contributed by atoms with Crippen LogP contribution in [0.3, 0.4) is 0 Å². The van der Waals surface area contributed by atoms with Crippen LogP contribution < -0.4 is 14.8 Å². The standard InChI is InChI=1S/C14H13N3O4/c1-9-5-13(17-21-9)16-14(18)8-20-11-4-3-10(7-15)6-12(11)19-2/h3-6H,8H2,1-2H3,(H,16,17,18). The quantitative estimate of drug-likeness (QED) is 0.901. The van der Waals surface area contributed by atoms with Crippen LogP contribution in [0.5, 0.6) is 11.5 Å². The van der Waals surface area contributed by atoms with E-state index in [2.05, 4.69) is 10.5 Å². The lowest BCUT2D eigenvalue weighted by Gasteiger charge is -2.10. The third-order valence-corrected chi connectivity index (χ3v) is 2.55. The summed E-state index contributed by atoms with van der Waals surface area (Å²) in [6.07, 6.45) is 0. The third kappa shape index (κ3) is 3.73. The highest BCUT2D eigenvalue weighted by atomic mass is 16.5. The van der Waals surface area contributed by atoms with Crippen LogP contribution in [-0.2, 0) is 4.79 Å².